The van der Waals surface area contributed by atoms with Crippen molar-refractivity contribution in [2.75, 3.05) is 31.2 Å². The zero-order chi connectivity index (χ0) is 23.3. The molecule has 0 bridgehead atoms. The van der Waals surface area contributed by atoms with Gasteiger partial charge in [0.15, 0.2) is 6.29 Å². The summed E-state index contributed by atoms with van der Waals surface area (Å²) in [7, 11) is 0. The topological polar surface area (TPSA) is 76.6 Å². The fraction of sp³-hybridized carbons (Fsp3) is 0.560. The summed E-state index contributed by atoms with van der Waals surface area (Å²) in [6.07, 6.45) is 7.92. The molecule has 7 nitrogen and oxygen atoms in total. The molecule has 1 amide bonds. The first-order chi connectivity index (χ1) is 16.5. The lowest BCUT2D eigenvalue weighted by molar-refractivity contribution is -0.216. The summed E-state index contributed by atoms with van der Waals surface area (Å²) in [6.45, 7) is 3.11. The van der Waals surface area contributed by atoms with E-state index in [2.05, 4.69) is 20.2 Å². The monoisotopic (exact) mass is 486 g/mol. The third-order valence-corrected chi connectivity index (χ3v) is 7.91. The number of nitrogens with zero attached hydrogens (tertiary/aromatic N) is 3. The van der Waals surface area contributed by atoms with Crippen LogP contribution in [0.1, 0.15) is 54.3 Å². The lowest BCUT2D eigenvalue weighted by atomic mass is 9.87. The molecule has 34 heavy (non-hydrogen) atoms. The third kappa shape index (κ3) is 4.39. The highest BCUT2D eigenvalue weighted by molar-refractivity contribution is 6.30. The van der Waals surface area contributed by atoms with Crippen molar-refractivity contribution in [3.8, 4) is 0 Å². The number of benzene rings is 1. The highest BCUT2D eigenvalue weighted by Gasteiger charge is 2.59. The van der Waals surface area contributed by atoms with Crippen LogP contribution in [0.15, 0.2) is 30.6 Å². The number of halogens is 2. The molecule has 180 valence electrons. The van der Waals surface area contributed by atoms with Crippen molar-refractivity contribution >= 4 is 23.5 Å². The molecule has 9 heteroatoms. The fourth-order valence-corrected chi connectivity index (χ4v) is 5.56. The van der Waals surface area contributed by atoms with Gasteiger partial charge in [0.2, 0.25) is 5.95 Å². The lowest BCUT2D eigenvalue weighted by Gasteiger charge is -2.35. The van der Waals surface area contributed by atoms with Gasteiger partial charge in [0.05, 0.1) is 36.2 Å². The number of aromatic nitrogens is 2. The number of nitrogens with one attached hydrogen (secondary N) is 1. The van der Waals surface area contributed by atoms with Gasteiger partial charge >= 0.3 is 0 Å². The molecule has 1 aromatic carbocycles. The van der Waals surface area contributed by atoms with E-state index in [9.17, 15) is 9.18 Å². The summed E-state index contributed by atoms with van der Waals surface area (Å²) in [5.74, 6) is 1.07. The molecule has 1 atom stereocenters. The number of carbonyl (C=O) groups is 1. The zero-order valence-corrected chi connectivity index (χ0v) is 19.6. The molecule has 6 rings (SSSR count). The Labute approximate surface area is 203 Å². The molecule has 2 saturated carbocycles. The number of hydrogen-bond donors (Lipinski definition) is 1. The first-order valence-electron chi connectivity index (χ1n) is 12.1. The average molecular weight is 487 g/mol. The minimum Gasteiger partial charge on any atom is -0.349 e. The summed E-state index contributed by atoms with van der Waals surface area (Å²) in [4.78, 5) is 23.1. The van der Waals surface area contributed by atoms with Gasteiger partial charge in [-0.1, -0.05) is 17.7 Å². The molecule has 1 unspecified atom stereocenters. The minimum atomic E-state index is -0.592. The summed E-state index contributed by atoms with van der Waals surface area (Å²) >= 11 is 5.90. The van der Waals surface area contributed by atoms with Crippen LogP contribution in [0.3, 0.4) is 0 Å². The number of anilines is 1. The number of ether oxygens (including phenoxy) is 2. The second-order valence-electron chi connectivity index (χ2n) is 10.1. The molecule has 2 aliphatic carbocycles. The Hall–Kier alpha value is -2.29. The SMILES string of the molecule is O=C(NC1CC1)c1ccc([C@H]2OC[C@@]3(CO2)CC3C2CCN(c3ncc(Cl)cn3)CC2)cc1F. The molecule has 2 aromatic rings. The second kappa shape index (κ2) is 8.73. The first kappa shape index (κ1) is 22.2. The molecule has 1 N–H and O–H groups in total. The molecule has 1 aromatic heterocycles. The standard InChI is InChI=1S/C25H28ClFN4O3/c26-17-11-28-24(29-12-17)31-7-5-15(6-8-31)20-10-25(20)13-33-23(34-14-25)16-1-4-19(21(27)9-16)22(32)30-18-2-3-18/h1,4,9,11-12,15,18,20,23H,2-3,5-8,10,13-14H2,(H,30,32)/t20?,23-,25+. The van der Waals surface area contributed by atoms with Crippen LogP contribution in [-0.2, 0) is 9.47 Å². The van der Waals surface area contributed by atoms with E-state index in [1.54, 1.807) is 18.5 Å². The third-order valence-electron chi connectivity index (χ3n) is 7.72. The number of hydrogen-bond acceptors (Lipinski definition) is 6. The minimum absolute atomic E-state index is 0.0699. The van der Waals surface area contributed by atoms with Crippen molar-refractivity contribution in [1.29, 1.82) is 0 Å². The van der Waals surface area contributed by atoms with Crippen LogP contribution in [0.2, 0.25) is 5.02 Å². The van der Waals surface area contributed by atoms with Crippen LogP contribution >= 0.6 is 11.6 Å². The maximum atomic E-state index is 14.6. The first-order valence-corrected chi connectivity index (χ1v) is 12.4. The quantitative estimate of drug-likeness (QED) is 0.684. The van der Waals surface area contributed by atoms with Crippen molar-refractivity contribution in [2.24, 2.45) is 17.3 Å². The molecular weight excluding hydrogens is 459 g/mol. The van der Waals surface area contributed by atoms with Crippen LogP contribution in [0, 0.1) is 23.1 Å². The lowest BCUT2D eigenvalue weighted by Crippen LogP contribution is -2.37. The predicted molar refractivity (Wildman–Crippen MR) is 124 cm³/mol. The van der Waals surface area contributed by atoms with Crippen LogP contribution in [-0.4, -0.2) is 48.2 Å². The molecule has 1 spiro atoms. The molecule has 4 fully saturated rings. The van der Waals surface area contributed by atoms with Crippen molar-refractivity contribution in [3.05, 3.63) is 52.6 Å². The van der Waals surface area contributed by atoms with Crippen LogP contribution < -0.4 is 10.2 Å². The molecule has 2 aliphatic heterocycles. The van der Waals surface area contributed by atoms with Gasteiger partial charge in [-0.05, 0) is 56.1 Å². The Morgan fingerprint density at radius 1 is 1.12 bits per heavy atom. The molecule has 2 saturated heterocycles. The Morgan fingerprint density at radius 3 is 2.47 bits per heavy atom. The van der Waals surface area contributed by atoms with E-state index in [-0.39, 0.29) is 22.9 Å². The predicted octanol–water partition coefficient (Wildman–Crippen LogP) is 4.13. The number of carbonyl (C=O) groups excluding carboxylic acids is 1. The van der Waals surface area contributed by atoms with E-state index < -0.39 is 12.1 Å². The van der Waals surface area contributed by atoms with Gasteiger partial charge in [-0.25, -0.2) is 14.4 Å². The maximum Gasteiger partial charge on any atom is 0.254 e. The van der Waals surface area contributed by atoms with Gasteiger partial charge in [0.25, 0.3) is 5.91 Å². The van der Waals surface area contributed by atoms with E-state index in [1.807, 2.05) is 0 Å². The van der Waals surface area contributed by atoms with Crippen LogP contribution in [0.4, 0.5) is 10.3 Å². The summed E-state index contributed by atoms with van der Waals surface area (Å²) in [6, 6.07) is 4.81. The van der Waals surface area contributed by atoms with E-state index in [4.69, 9.17) is 21.1 Å². The van der Waals surface area contributed by atoms with Gasteiger partial charge in [0, 0.05) is 30.1 Å². The Balaban J connectivity index is 1.01. The number of piperidine rings is 1. The van der Waals surface area contributed by atoms with E-state index in [0.717, 1.165) is 51.1 Å². The van der Waals surface area contributed by atoms with Gasteiger partial charge < -0.3 is 19.7 Å². The van der Waals surface area contributed by atoms with E-state index >= 15 is 0 Å². The zero-order valence-electron chi connectivity index (χ0n) is 18.9. The molecule has 0 radical (unpaired) electrons. The molecular formula is C25H28ClFN4O3. The summed E-state index contributed by atoms with van der Waals surface area (Å²) in [5, 5.41) is 3.37. The Bertz CT molecular complexity index is 1060. The fourth-order valence-electron chi connectivity index (χ4n) is 5.47. The average Bonchev–Trinajstić information content (AvgIpc) is 3.78. The summed E-state index contributed by atoms with van der Waals surface area (Å²) in [5.41, 5.74) is 0.757. The van der Waals surface area contributed by atoms with Crippen molar-refractivity contribution in [2.45, 2.75) is 44.4 Å². The maximum absolute atomic E-state index is 14.6. The van der Waals surface area contributed by atoms with E-state index in [0.29, 0.717) is 35.6 Å². The number of rotatable bonds is 5. The normalized spacial score (nSPS) is 29.3. The molecule has 3 heterocycles. The highest BCUT2D eigenvalue weighted by atomic mass is 35.5. The van der Waals surface area contributed by atoms with Gasteiger partial charge in [-0.3, -0.25) is 4.79 Å². The van der Waals surface area contributed by atoms with E-state index in [1.165, 1.54) is 12.1 Å². The smallest absolute Gasteiger partial charge is 0.254 e. The Morgan fingerprint density at radius 2 is 1.82 bits per heavy atom. The summed E-state index contributed by atoms with van der Waals surface area (Å²) < 4.78 is 26.7. The van der Waals surface area contributed by atoms with Gasteiger partial charge in [-0.15, -0.1) is 0 Å². The Kier molecular flexibility index (Phi) is 5.70. The largest absolute Gasteiger partial charge is 0.349 e. The second-order valence-corrected chi connectivity index (χ2v) is 10.6. The van der Waals surface area contributed by atoms with Crippen LogP contribution in [0.25, 0.3) is 0 Å². The van der Waals surface area contributed by atoms with Crippen LogP contribution in [0.5, 0.6) is 0 Å². The molecule has 4 aliphatic rings. The van der Waals surface area contributed by atoms with Crippen molar-refractivity contribution in [3.63, 3.8) is 0 Å². The number of amides is 1. The van der Waals surface area contributed by atoms with Crippen molar-refractivity contribution < 1.29 is 18.7 Å². The van der Waals surface area contributed by atoms with Gasteiger partial charge in [0.1, 0.15) is 5.82 Å². The highest BCUT2D eigenvalue weighted by Crippen LogP contribution is 2.61. The van der Waals surface area contributed by atoms with Crippen molar-refractivity contribution in [1.82, 2.24) is 15.3 Å². The van der Waals surface area contributed by atoms with Gasteiger partial charge in [-0.2, -0.15) is 0 Å².